The van der Waals surface area contributed by atoms with Crippen LogP contribution in [0.25, 0.3) is 0 Å². The van der Waals surface area contributed by atoms with Crippen LogP contribution >= 0.6 is 0 Å². The smallest absolute Gasteiger partial charge is 0.410 e. The number of cyclic esters (lactones) is 1. The van der Waals surface area contributed by atoms with Crippen molar-refractivity contribution in [2.75, 3.05) is 6.61 Å². The number of ether oxygens (including phenoxy) is 1. The zero-order valence-corrected chi connectivity index (χ0v) is 13.9. The minimum atomic E-state index is -0.147. The van der Waals surface area contributed by atoms with Gasteiger partial charge in [-0.2, -0.15) is 0 Å². The van der Waals surface area contributed by atoms with Crippen LogP contribution in [-0.4, -0.2) is 37.5 Å². The second-order valence-electron chi connectivity index (χ2n) is 7.57. The highest BCUT2D eigenvalue weighted by Crippen LogP contribution is 2.41. The fourth-order valence-corrected chi connectivity index (χ4v) is 4.00. The molecule has 0 aromatic rings. The number of carbonyl (C=O) groups is 1. The van der Waals surface area contributed by atoms with E-state index in [0.29, 0.717) is 12.5 Å². The zero-order chi connectivity index (χ0) is 15.5. The van der Waals surface area contributed by atoms with E-state index in [0.717, 1.165) is 19.3 Å². The van der Waals surface area contributed by atoms with Crippen LogP contribution in [-0.2, 0) is 4.74 Å². The van der Waals surface area contributed by atoms with Gasteiger partial charge in [-0.1, -0.05) is 57.2 Å². The van der Waals surface area contributed by atoms with Gasteiger partial charge in [0, 0.05) is 6.04 Å². The molecule has 0 bridgehead atoms. The Morgan fingerprint density at radius 2 is 1.90 bits per heavy atom. The summed E-state index contributed by atoms with van der Waals surface area (Å²) in [7, 11) is 6.54. The van der Waals surface area contributed by atoms with E-state index in [1.54, 1.807) is 0 Å². The average molecular weight is 291 g/mol. The molecule has 118 valence electrons. The second kappa shape index (κ2) is 7.06. The molecule has 1 saturated heterocycles. The third-order valence-electron chi connectivity index (χ3n) is 5.10. The van der Waals surface area contributed by atoms with Crippen LogP contribution in [0.4, 0.5) is 4.79 Å². The Morgan fingerprint density at radius 3 is 2.62 bits per heavy atom. The molecule has 1 aliphatic heterocycles. The molecule has 0 aromatic heterocycles. The van der Waals surface area contributed by atoms with Gasteiger partial charge in [0.05, 0.1) is 13.9 Å². The Balaban J connectivity index is 2.11. The zero-order valence-electron chi connectivity index (χ0n) is 13.9. The van der Waals surface area contributed by atoms with Crippen LogP contribution in [0.2, 0.25) is 5.31 Å². The third-order valence-corrected chi connectivity index (χ3v) is 5.10. The number of hydrogen-bond donors (Lipinski definition) is 0. The summed E-state index contributed by atoms with van der Waals surface area (Å²) in [6.45, 7) is 6.86. The number of nitrogens with zero attached hydrogens (tertiary/aromatic N) is 1. The van der Waals surface area contributed by atoms with Gasteiger partial charge >= 0.3 is 6.09 Å². The fourth-order valence-electron chi connectivity index (χ4n) is 4.00. The molecule has 3 unspecified atom stereocenters. The average Bonchev–Trinajstić information content (AvgIpc) is 2.78. The summed E-state index contributed by atoms with van der Waals surface area (Å²) in [5.41, 5.74) is 0. The van der Waals surface area contributed by atoms with E-state index in [1.807, 2.05) is 4.90 Å². The third kappa shape index (κ3) is 4.40. The van der Waals surface area contributed by atoms with Crippen LogP contribution in [0.5, 0.6) is 0 Å². The molecule has 21 heavy (non-hydrogen) atoms. The molecule has 2 rings (SSSR count). The van der Waals surface area contributed by atoms with Gasteiger partial charge in [0.2, 0.25) is 0 Å². The van der Waals surface area contributed by atoms with Crippen molar-refractivity contribution in [2.45, 2.75) is 89.5 Å². The molecular weight excluding hydrogens is 261 g/mol. The topological polar surface area (TPSA) is 29.5 Å². The first kappa shape index (κ1) is 16.7. The molecule has 0 aromatic carbocycles. The summed E-state index contributed by atoms with van der Waals surface area (Å²) in [6.07, 6.45) is 9.51. The lowest BCUT2D eigenvalue weighted by Gasteiger charge is -2.37. The number of carbonyl (C=O) groups excluding carboxylic acids is 1. The standard InChI is InChI=1S/C17H30BNO2/c1-13(2)19-15(12-21-16(19)20)14-9-7-5-4-6-8-10-17(3,18)11-14/h13-15H,4-12H2,1-3H3. The quantitative estimate of drug-likeness (QED) is 0.709. The van der Waals surface area contributed by atoms with Gasteiger partial charge < -0.3 is 4.74 Å². The maximum Gasteiger partial charge on any atom is 0.410 e. The molecule has 1 amide bonds. The van der Waals surface area contributed by atoms with E-state index in [1.165, 1.54) is 32.1 Å². The van der Waals surface area contributed by atoms with E-state index in [4.69, 9.17) is 12.6 Å². The fraction of sp³-hybridized carbons (Fsp3) is 0.941. The first-order valence-electron chi connectivity index (χ1n) is 8.65. The van der Waals surface area contributed by atoms with E-state index in [2.05, 4.69) is 20.8 Å². The van der Waals surface area contributed by atoms with Gasteiger partial charge in [0.1, 0.15) is 6.61 Å². The molecule has 1 heterocycles. The van der Waals surface area contributed by atoms with E-state index < -0.39 is 0 Å². The molecule has 3 nitrogen and oxygen atoms in total. The molecule has 3 atom stereocenters. The van der Waals surface area contributed by atoms with E-state index >= 15 is 0 Å². The SMILES string of the molecule is [B]C1(C)CCCCCCCC(C2COC(=O)N2C(C)C)C1. The van der Waals surface area contributed by atoms with Crippen LogP contribution in [0, 0.1) is 5.92 Å². The molecule has 4 heteroatoms. The minimum Gasteiger partial charge on any atom is -0.447 e. The Bertz CT molecular complexity index is 357. The van der Waals surface area contributed by atoms with Crippen LogP contribution < -0.4 is 0 Å². The first-order valence-corrected chi connectivity index (χ1v) is 8.65. The molecule has 2 fully saturated rings. The van der Waals surface area contributed by atoms with Crippen molar-refractivity contribution in [1.82, 2.24) is 4.90 Å². The molecule has 2 radical (unpaired) electrons. The Hall–Kier alpha value is -0.665. The summed E-state index contributed by atoms with van der Waals surface area (Å²) in [5, 5.41) is -0.115. The Kier molecular flexibility index (Phi) is 5.62. The van der Waals surface area contributed by atoms with Gasteiger partial charge in [-0.15, -0.1) is 0 Å². The molecule has 2 aliphatic rings. The van der Waals surface area contributed by atoms with Gasteiger partial charge in [-0.05, 0) is 26.2 Å². The van der Waals surface area contributed by atoms with Crippen LogP contribution in [0.15, 0.2) is 0 Å². The van der Waals surface area contributed by atoms with Crippen molar-refractivity contribution in [1.29, 1.82) is 0 Å². The highest BCUT2D eigenvalue weighted by Gasteiger charge is 2.41. The number of hydrogen-bond acceptors (Lipinski definition) is 2. The summed E-state index contributed by atoms with van der Waals surface area (Å²) >= 11 is 0. The van der Waals surface area contributed by atoms with Crippen molar-refractivity contribution in [2.24, 2.45) is 5.92 Å². The number of amides is 1. The lowest BCUT2D eigenvalue weighted by atomic mass is 9.61. The highest BCUT2D eigenvalue weighted by molar-refractivity contribution is 6.14. The maximum absolute atomic E-state index is 12.0. The molecular formula is C17H30BNO2. The predicted octanol–water partition coefficient (Wildman–Crippen LogP) is 4.31. The summed E-state index contributed by atoms with van der Waals surface area (Å²) in [5.74, 6) is 0.465. The van der Waals surface area contributed by atoms with Gasteiger partial charge in [-0.3, -0.25) is 4.90 Å². The molecule has 1 aliphatic carbocycles. The molecule has 0 spiro atoms. The Labute approximate surface area is 131 Å². The van der Waals surface area contributed by atoms with E-state index in [9.17, 15) is 4.79 Å². The van der Waals surface area contributed by atoms with Crippen LogP contribution in [0.1, 0.15) is 72.1 Å². The lowest BCUT2D eigenvalue weighted by Crippen LogP contribution is -2.44. The monoisotopic (exact) mass is 291 g/mol. The van der Waals surface area contributed by atoms with Crippen molar-refractivity contribution >= 4 is 13.9 Å². The number of rotatable bonds is 2. The normalized spacial score (nSPS) is 35.8. The van der Waals surface area contributed by atoms with Gasteiger partial charge in [0.25, 0.3) is 0 Å². The predicted molar refractivity (Wildman–Crippen MR) is 86.7 cm³/mol. The minimum absolute atomic E-state index is 0.115. The first-order chi connectivity index (χ1) is 9.91. The highest BCUT2D eigenvalue weighted by atomic mass is 16.6. The second-order valence-corrected chi connectivity index (χ2v) is 7.57. The van der Waals surface area contributed by atoms with Gasteiger partial charge in [-0.25, -0.2) is 4.79 Å². The summed E-state index contributed by atoms with van der Waals surface area (Å²) in [4.78, 5) is 13.9. The Morgan fingerprint density at radius 1 is 1.24 bits per heavy atom. The molecule has 1 saturated carbocycles. The summed E-state index contributed by atoms with van der Waals surface area (Å²) < 4.78 is 5.33. The van der Waals surface area contributed by atoms with Crippen molar-refractivity contribution in [3.8, 4) is 0 Å². The van der Waals surface area contributed by atoms with Crippen molar-refractivity contribution in [3.05, 3.63) is 0 Å². The van der Waals surface area contributed by atoms with Crippen molar-refractivity contribution < 1.29 is 9.53 Å². The van der Waals surface area contributed by atoms with Crippen LogP contribution in [0.3, 0.4) is 0 Å². The largest absolute Gasteiger partial charge is 0.447 e. The summed E-state index contributed by atoms with van der Waals surface area (Å²) in [6, 6.07) is 0.407. The van der Waals surface area contributed by atoms with Crippen molar-refractivity contribution in [3.63, 3.8) is 0 Å². The van der Waals surface area contributed by atoms with Gasteiger partial charge in [0.15, 0.2) is 0 Å². The maximum atomic E-state index is 12.0. The van der Waals surface area contributed by atoms with E-state index in [-0.39, 0.29) is 23.5 Å². The molecule has 0 N–H and O–H groups in total. The lowest BCUT2D eigenvalue weighted by molar-refractivity contribution is 0.138.